The average molecular weight is 259 g/mol. The first-order valence-electron chi connectivity index (χ1n) is 4.28. The molecule has 1 aromatic carbocycles. The molecule has 0 radical (unpaired) electrons. The smallest absolute Gasteiger partial charge is 0.150 e. The molecule has 0 bridgehead atoms. The predicted octanol–water partition coefficient (Wildman–Crippen LogP) is 3.74. The van der Waals surface area contributed by atoms with Crippen LogP contribution in [-0.4, -0.2) is 10.2 Å². The van der Waals surface area contributed by atoms with Gasteiger partial charge < -0.3 is 0 Å². The average Bonchev–Trinajstić information content (AvgIpc) is 2.20. The zero-order valence-corrected chi connectivity index (χ0v) is 9.37. The Kier molecular flexibility index (Phi) is 2.98. The van der Waals surface area contributed by atoms with Crippen molar-refractivity contribution in [1.82, 2.24) is 10.2 Å². The van der Waals surface area contributed by atoms with Crippen molar-refractivity contribution in [2.75, 3.05) is 0 Å². The van der Waals surface area contributed by atoms with Crippen LogP contribution in [0, 0.1) is 16.3 Å². The Morgan fingerprint density at radius 1 is 1.12 bits per heavy atom. The molecule has 0 aliphatic rings. The second-order valence-electron chi connectivity index (χ2n) is 3.09. The van der Waals surface area contributed by atoms with Gasteiger partial charge in [-0.05, 0) is 23.8 Å². The van der Waals surface area contributed by atoms with Gasteiger partial charge in [-0.25, -0.2) is 8.78 Å². The van der Waals surface area contributed by atoms with Gasteiger partial charge in [-0.2, -0.15) is 5.10 Å². The van der Waals surface area contributed by atoms with E-state index in [0.717, 1.165) is 6.07 Å². The highest BCUT2D eigenvalue weighted by Gasteiger charge is 2.06. The Morgan fingerprint density at radius 3 is 2.38 bits per heavy atom. The lowest BCUT2D eigenvalue weighted by molar-refractivity contribution is 0.584. The summed E-state index contributed by atoms with van der Waals surface area (Å²) in [6.45, 7) is 0. The first-order chi connectivity index (χ1) is 7.56. The molecular weight excluding hydrogens is 254 g/mol. The lowest BCUT2D eigenvalue weighted by Crippen LogP contribution is -1.89. The van der Waals surface area contributed by atoms with Crippen molar-refractivity contribution < 1.29 is 8.78 Å². The van der Waals surface area contributed by atoms with Crippen LogP contribution in [0.3, 0.4) is 0 Å². The minimum Gasteiger partial charge on any atom is -0.266 e. The van der Waals surface area contributed by atoms with Crippen LogP contribution in [0.5, 0.6) is 0 Å². The molecule has 0 unspecified atom stereocenters. The molecule has 2 nitrogen and oxygen atoms in total. The number of hydrogen-bond donors (Lipinski definition) is 1. The van der Waals surface area contributed by atoms with E-state index in [2.05, 4.69) is 10.2 Å². The van der Waals surface area contributed by atoms with Gasteiger partial charge in [0, 0.05) is 11.6 Å². The molecule has 82 valence electrons. The number of aromatic amines is 1. The lowest BCUT2D eigenvalue weighted by atomic mass is 10.1. The lowest BCUT2D eigenvalue weighted by Gasteiger charge is -2.02. The quantitative estimate of drug-likeness (QED) is 0.790. The molecule has 2 aromatic rings. The van der Waals surface area contributed by atoms with Crippen LogP contribution >= 0.6 is 23.8 Å². The third kappa shape index (κ3) is 2.25. The molecule has 16 heavy (non-hydrogen) atoms. The standard InChI is InChI=1S/C10H5ClF2N2S/c11-9-4-8(10(16)15-14-9)5-1-6(12)3-7(13)2-5/h1-4H,(H,15,16). The highest BCUT2D eigenvalue weighted by atomic mass is 35.5. The molecule has 1 aromatic heterocycles. The van der Waals surface area contributed by atoms with E-state index in [1.165, 1.54) is 18.2 Å². The normalized spacial score (nSPS) is 10.4. The summed E-state index contributed by atoms with van der Waals surface area (Å²) < 4.78 is 26.3. The Morgan fingerprint density at radius 2 is 1.75 bits per heavy atom. The van der Waals surface area contributed by atoms with E-state index in [0.29, 0.717) is 11.1 Å². The van der Waals surface area contributed by atoms with Crippen molar-refractivity contribution in [1.29, 1.82) is 0 Å². The van der Waals surface area contributed by atoms with Crippen molar-refractivity contribution in [3.8, 4) is 11.1 Å². The second kappa shape index (κ2) is 4.27. The summed E-state index contributed by atoms with van der Waals surface area (Å²) in [5.41, 5.74) is 0.761. The van der Waals surface area contributed by atoms with Crippen LogP contribution in [0.2, 0.25) is 5.15 Å². The van der Waals surface area contributed by atoms with Crippen LogP contribution in [0.1, 0.15) is 0 Å². The summed E-state index contributed by atoms with van der Waals surface area (Å²) in [5.74, 6) is -1.34. The van der Waals surface area contributed by atoms with Crippen molar-refractivity contribution in [3.05, 3.63) is 45.7 Å². The molecular formula is C10H5ClF2N2S. The van der Waals surface area contributed by atoms with Gasteiger partial charge in [0.25, 0.3) is 0 Å². The summed E-state index contributed by atoms with van der Waals surface area (Å²) in [4.78, 5) is 0. The Hall–Kier alpha value is -1.33. The molecule has 1 N–H and O–H groups in total. The highest BCUT2D eigenvalue weighted by Crippen LogP contribution is 2.23. The number of benzene rings is 1. The Labute approximate surface area is 99.9 Å². The van der Waals surface area contributed by atoms with E-state index in [4.69, 9.17) is 23.8 Å². The van der Waals surface area contributed by atoms with Gasteiger partial charge in [0.15, 0.2) is 0 Å². The molecule has 1 heterocycles. The molecule has 0 atom stereocenters. The molecule has 0 aliphatic carbocycles. The number of aromatic nitrogens is 2. The van der Waals surface area contributed by atoms with Gasteiger partial charge in [0.1, 0.15) is 21.4 Å². The van der Waals surface area contributed by atoms with Crippen LogP contribution in [0.25, 0.3) is 11.1 Å². The van der Waals surface area contributed by atoms with Crippen molar-refractivity contribution in [2.24, 2.45) is 0 Å². The largest absolute Gasteiger partial charge is 0.266 e. The minimum absolute atomic E-state index is 0.174. The van der Waals surface area contributed by atoms with E-state index >= 15 is 0 Å². The van der Waals surface area contributed by atoms with E-state index < -0.39 is 11.6 Å². The highest BCUT2D eigenvalue weighted by molar-refractivity contribution is 7.71. The Bertz CT molecular complexity index is 577. The van der Waals surface area contributed by atoms with Gasteiger partial charge in [-0.1, -0.05) is 23.8 Å². The van der Waals surface area contributed by atoms with Gasteiger partial charge in [-0.3, -0.25) is 5.10 Å². The maximum Gasteiger partial charge on any atom is 0.150 e. The summed E-state index contributed by atoms with van der Waals surface area (Å²) in [6.07, 6.45) is 0. The Balaban J connectivity index is 2.67. The fourth-order valence-electron chi connectivity index (χ4n) is 1.31. The predicted molar refractivity (Wildman–Crippen MR) is 59.8 cm³/mol. The van der Waals surface area contributed by atoms with Gasteiger partial charge in [0.2, 0.25) is 0 Å². The second-order valence-corrected chi connectivity index (χ2v) is 3.89. The number of halogens is 3. The zero-order valence-electron chi connectivity index (χ0n) is 7.80. The molecule has 0 amide bonds. The van der Waals surface area contributed by atoms with E-state index in [-0.39, 0.29) is 9.79 Å². The topological polar surface area (TPSA) is 28.7 Å². The zero-order chi connectivity index (χ0) is 11.7. The number of hydrogen-bond acceptors (Lipinski definition) is 2. The third-order valence-electron chi connectivity index (χ3n) is 1.95. The maximum atomic E-state index is 13.0. The summed E-state index contributed by atoms with van der Waals surface area (Å²) in [5, 5.41) is 6.33. The summed E-state index contributed by atoms with van der Waals surface area (Å²) in [7, 11) is 0. The number of nitrogens with zero attached hydrogens (tertiary/aromatic N) is 1. The van der Waals surface area contributed by atoms with Gasteiger partial charge in [0.05, 0.1) is 0 Å². The number of rotatable bonds is 1. The molecule has 0 aliphatic heterocycles. The fourth-order valence-corrected chi connectivity index (χ4v) is 1.68. The van der Waals surface area contributed by atoms with Crippen LogP contribution < -0.4 is 0 Å². The van der Waals surface area contributed by atoms with Crippen molar-refractivity contribution in [3.63, 3.8) is 0 Å². The first-order valence-corrected chi connectivity index (χ1v) is 5.06. The third-order valence-corrected chi connectivity index (χ3v) is 2.45. The molecule has 2 rings (SSSR count). The van der Waals surface area contributed by atoms with Gasteiger partial charge in [-0.15, -0.1) is 0 Å². The summed E-state index contributed by atoms with van der Waals surface area (Å²) in [6, 6.07) is 4.60. The molecule has 0 spiro atoms. The SMILES string of the molecule is Fc1cc(F)cc(-c2cc(Cl)n[nH]c2=S)c1. The monoisotopic (exact) mass is 258 g/mol. The summed E-state index contributed by atoms with van der Waals surface area (Å²) >= 11 is 10.6. The van der Waals surface area contributed by atoms with E-state index in [1.54, 1.807) is 0 Å². The van der Waals surface area contributed by atoms with Crippen molar-refractivity contribution >= 4 is 23.8 Å². The minimum atomic E-state index is -0.669. The molecule has 0 fully saturated rings. The van der Waals surface area contributed by atoms with Crippen LogP contribution in [0.15, 0.2) is 24.3 Å². The number of H-pyrrole nitrogens is 1. The number of nitrogens with one attached hydrogen (secondary N) is 1. The van der Waals surface area contributed by atoms with Crippen molar-refractivity contribution in [2.45, 2.75) is 0 Å². The van der Waals surface area contributed by atoms with Crippen LogP contribution in [-0.2, 0) is 0 Å². The molecule has 6 heteroatoms. The van der Waals surface area contributed by atoms with Crippen LogP contribution in [0.4, 0.5) is 8.78 Å². The molecule has 0 saturated heterocycles. The molecule has 0 saturated carbocycles. The first kappa shape index (κ1) is 11.2. The van der Waals surface area contributed by atoms with E-state index in [1.807, 2.05) is 0 Å². The maximum absolute atomic E-state index is 13.0. The van der Waals surface area contributed by atoms with E-state index in [9.17, 15) is 8.78 Å². The van der Waals surface area contributed by atoms with Gasteiger partial charge >= 0.3 is 0 Å². The fraction of sp³-hybridized carbons (Fsp3) is 0.